The van der Waals surface area contributed by atoms with Crippen LogP contribution in [0.1, 0.15) is 41.6 Å². The molecule has 1 N–H and O–H groups in total. The quantitative estimate of drug-likeness (QED) is 0.806. The first kappa shape index (κ1) is 19.5. The van der Waals surface area contributed by atoms with E-state index in [1.807, 2.05) is 0 Å². The monoisotopic (exact) mass is 372 g/mol. The second kappa shape index (κ2) is 7.57. The number of amides is 1. The van der Waals surface area contributed by atoms with E-state index in [9.17, 15) is 18.0 Å². The van der Waals surface area contributed by atoms with E-state index in [1.54, 1.807) is 20.9 Å². The molecule has 2 rings (SSSR count). The van der Waals surface area contributed by atoms with Crippen molar-refractivity contribution in [2.24, 2.45) is 5.92 Å². The second-order valence-corrected chi connectivity index (χ2v) is 8.54. The summed E-state index contributed by atoms with van der Waals surface area (Å²) in [6.45, 7) is 3.93. The summed E-state index contributed by atoms with van der Waals surface area (Å²) in [4.78, 5) is 25.1. The molecule has 25 heavy (non-hydrogen) atoms. The van der Waals surface area contributed by atoms with Crippen molar-refractivity contribution in [1.29, 1.82) is 0 Å². The SMILES string of the molecule is CCS(=O)(=O)N1CCCC(C(=O)N(C)Cc2cc(C(=O)O)c(C)o2)C1. The van der Waals surface area contributed by atoms with Crippen LogP contribution in [-0.4, -0.2) is 60.5 Å². The molecule has 1 amide bonds. The first-order chi connectivity index (χ1) is 11.7. The number of sulfonamides is 1. The first-order valence-electron chi connectivity index (χ1n) is 8.21. The molecular formula is C16H24N2O6S. The van der Waals surface area contributed by atoms with Crippen LogP contribution in [0.15, 0.2) is 10.5 Å². The Kier molecular flexibility index (Phi) is 5.89. The standard InChI is InChI=1S/C16H24N2O6S/c1-4-25(22,23)18-7-5-6-12(9-18)15(19)17(3)10-13-8-14(16(20)21)11(2)24-13/h8,12H,4-7,9-10H2,1-3H3,(H,20,21). The van der Waals surface area contributed by atoms with Gasteiger partial charge in [0, 0.05) is 20.1 Å². The fourth-order valence-corrected chi connectivity index (χ4v) is 4.22. The van der Waals surface area contributed by atoms with E-state index < -0.39 is 21.9 Å². The first-order valence-corrected chi connectivity index (χ1v) is 9.82. The van der Waals surface area contributed by atoms with E-state index in [-0.39, 0.29) is 30.3 Å². The maximum absolute atomic E-state index is 12.6. The largest absolute Gasteiger partial charge is 0.478 e. The molecule has 2 heterocycles. The number of rotatable bonds is 6. The molecule has 0 radical (unpaired) electrons. The van der Waals surface area contributed by atoms with Gasteiger partial charge in [-0.3, -0.25) is 4.79 Å². The van der Waals surface area contributed by atoms with E-state index in [0.29, 0.717) is 30.9 Å². The number of carboxylic acids is 1. The summed E-state index contributed by atoms with van der Waals surface area (Å²) >= 11 is 0. The molecule has 1 aromatic heterocycles. The normalized spacial score (nSPS) is 18.9. The minimum atomic E-state index is -3.31. The molecule has 1 unspecified atom stereocenters. The number of aryl methyl sites for hydroxylation is 1. The summed E-state index contributed by atoms with van der Waals surface area (Å²) in [5, 5.41) is 9.05. The highest BCUT2D eigenvalue weighted by Crippen LogP contribution is 2.22. The molecule has 1 fully saturated rings. The number of nitrogens with zero attached hydrogens (tertiary/aromatic N) is 2. The van der Waals surface area contributed by atoms with Crippen molar-refractivity contribution in [1.82, 2.24) is 9.21 Å². The van der Waals surface area contributed by atoms with E-state index >= 15 is 0 Å². The third kappa shape index (κ3) is 4.40. The van der Waals surface area contributed by atoms with Gasteiger partial charge in [-0.15, -0.1) is 0 Å². The summed E-state index contributed by atoms with van der Waals surface area (Å²) in [6.07, 6.45) is 1.28. The minimum Gasteiger partial charge on any atom is -0.478 e. The van der Waals surface area contributed by atoms with Gasteiger partial charge in [-0.25, -0.2) is 17.5 Å². The molecule has 0 aromatic carbocycles. The molecule has 0 aliphatic carbocycles. The maximum Gasteiger partial charge on any atom is 0.339 e. The lowest BCUT2D eigenvalue weighted by molar-refractivity contribution is -0.136. The Morgan fingerprint density at radius 1 is 1.44 bits per heavy atom. The van der Waals surface area contributed by atoms with Crippen LogP contribution in [0.3, 0.4) is 0 Å². The van der Waals surface area contributed by atoms with Gasteiger partial charge in [-0.1, -0.05) is 0 Å². The van der Waals surface area contributed by atoms with Crippen molar-refractivity contribution in [3.05, 3.63) is 23.2 Å². The van der Waals surface area contributed by atoms with Gasteiger partial charge in [0.15, 0.2) is 0 Å². The van der Waals surface area contributed by atoms with Crippen molar-refractivity contribution < 1.29 is 27.5 Å². The predicted octanol–water partition coefficient (Wildman–Crippen LogP) is 1.31. The van der Waals surface area contributed by atoms with Crippen LogP contribution in [0.2, 0.25) is 0 Å². The average molecular weight is 372 g/mol. The summed E-state index contributed by atoms with van der Waals surface area (Å²) in [6, 6.07) is 1.41. The van der Waals surface area contributed by atoms with Crippen LogP contribution >= 0.6 is 0 Å². The van der Waals surface area contributed by atoms with Gasteiger partial charge < -0.3 is 14.4 Å². The van der Waals surface area contributed by atoms with Crippen LogP contribution in [0.25, 0.3) is 0 Å². The number of carbonyl (C=O) groups excluding carboxylic acids is 1. The highest BCUT2D eigenvalue weighted by molar-refractivity contribution is 7.89. The van der Waals surface area contributed by atoms with Gasteiger partial charge in [-0.05, 0) is 32.8 Å². The van der Waals surface area contributed by atoms with E-state index in [2.05, 4.69) is 0 Å². The molecule has 1 aliphatic heterocycles. The van der Waals surface area contributed by atoms with Crippen LogP contribution in [0, 0.1) is 12.8 Å². The van der Waals surface area contributed by atoms with E-state index in [1.165, 1.54) is 15.3 Å². The maximum atomic E-state index is 12.6. The van der Waals surface area contributed by atoms with Gasteiger partial charge in [0.2, 0.25) is 15.9 Å². The van der Waals surface area contributed by atoms with Crippen molar-refractivity contribution in [2.75, 3.05) is 25.9 Å². The molecular weight excluding hydrogens is 348 g/mol. The number of hydrogen-bond donors (Lipinski definition) is 1. The number of aromatic carboxylic acids is 1. The minimum absolute atomic E-state index is 0.0212. The number of carbonyl (C=O) groups is 2. The third-order valence-electron chi connectivity index (χ3n) is 4.46. The smallest absolute Gasteiger partial charge is 0.339 e. The number of piperidine rings is 1. The summed E-state index contributed by atoms with van der Waals surface area (Å²) < 4.78 is 30.8. The highest BCUT2D eigenvalue weighted by atomic mass is 32.2. The van der Waals surface area contributed by atoms with Gasteiger partial charge in [0.25, 0.3) is 0 Å². The topological polar surface area (TPSA) is 108 Å². The van der Waals surface area contributed by atoms with Crippen LogP contribution in [0.4, 0.5) is 0 Å². The Morgan fingerprint density at radius 2 is 2.12 bits per heavy atom. The fraction of sp³-hybridized carbons (Fsp3) is 0.625. The average Bonchev–Trinajstić information content (AvgIpc) is 2.94. The van der Waals surface area contributed by atoms with Crippen molar-refractivity contribution in [3.8, 4) is 0 Å². The molecule has 9 heteroatoms. The second-order valence-electron chi connectivity index (χ2n) is 6.28. The number of carboxylic acid groups (broad SMARTS) is 1. The molecule has 0 bridgehead atoms. The van der Waals surface area contributed by atoms with Gasteiger partial charge in [-0.2, -0.15) is 0 Å². The molecule has 1 saturated heterocycles. The zero-order valence-electron chi connectivity index (χ0n) is 14.7. The van der Waals surface area contributed by atoms with Crippen LogP contribution in [0.5, 0.6) is 0 Å². The lowest BCUT2D eigenvalue weighted by Gasteiger charge is -2.32. The van der Waals surface area contributed by atoms with E-state index in [4.69, 9.17) is 9.52 Å². The third-order valence-corrected chi connectivity index (χ3v) is 6.31. The van der Waals surface area contributed by atoms with Crippen LogP contribution in [-0.2, 0) is 21.4 Å². The Labute approximate surface area is 147 Å². The summed E-state index contributed by atoms with van der Waals surface area (Å²) in [5.41, 5.74) is 0.0775. The Hall–Kier alpha value is -1.87. The van der Waals surface area contributed by atoms with Crippen LogP contribution < -0.4 is 0 Å². The van der Waals surface area contributed by atoms with E-state index in [0.717, 1.165) is 0 Å². The van der Waals surface area contributed by atoms with Crippen molar-refractivity contribution in [2.45, 2.75) is 33.2 Å². The Bertz CT molecular complexity index is 755. The van der Waals surface area contributed by atoms with Gasteiger partial charge in [0.05, 0.1) is 18.2 Å². The Morgan fingerprint density at radius 3 is 2.68 bits per heavy atom. The van der Waals surface area contributed by atoms with Crippen molar-refractivity contribution in [3.63, 3.8) is 0 Å². The molecule has 140 valence electrons. The zero-order valence-corrected chi connectivity index (χ0v) is 15.5. The molecule has 1 aromatic rings. The van der Waals surface area contributed by atoms with Gasteiger partial charge in [0.1, 0.15) is 17.1 Å². The molecule has 8 nitrogen and oxygen atoms in total. The Balaban J connectivity index is 2.04. The number of furan rings is 1. The summed E-state index contributed by atoms with van der Waals surface area (Å²) in [7, 11) is -1.70. The van der Waals surface area contributed by atoms with Gasteiger partial charge >= 0.3 is 5.97 Å². The molecule has 0 saturated carbocycles. The summed E-state index contributed by atoms with van der Waals surface area (Å²) in [5.74, 6) is -0.931. The molecule has 0 spiro atoms. The molecule has 1 atom stereocenters. The molecule has 1 aliphatic rings. The van der Waals surface area contributed by atoms with Crippen molar-refractivity contribution >= 4 is 21.9 Å². The number of hydrogen-bond acceptors (Lipinski definition) is 5. The lowest BCUT2D eigenvalue weighted by atomic mass is 9.98. The zero-order chi connectivity index (χ0) is 18.8. The highest BCUT2D eigenvalue weighted by Gasteiger charge is 2.33. The lowest BCUT2D eigenvalue weighted by Crippen LogP contribution is -2.46. The predicted molar refractivity (Wildman–Crippen MR) is 90.6 cm³/mol. The fourth-order valence-electron chi connectivity index (χ4n) is 3.04.